The van der Waals surface area contributed by atoms with E-state index in [0.29, 0.717) is 0 Å². The van der Waals surface area contributed by atoms with Crippen LogP contribution in [0, 0.1) is 12.8 Å². The van der Waals surface area contributed by atoms with Crippen LogP contribution in [-0.2, 0) is 0 Å². The molecule has 1 aliphatic rings. The van der Waals surface area contributed by atoms with Crippen molar-refractivity contribution in [1.82, 2.24) is 0 Å². The Morgan fingerprint density at radius 1 is 1.67 bits per heavy atom. The fraction of sp³-hybridized carbons (Fsp3) is 0.750. The summed E-state index contributed by atoms with van der Waals surface area (Å²) in [4.78, 5) is 0. The minimum Gasteiger partial charge on any atom is -0.201 e. The average Bonchev–Trinajstić information content (AvgIpc) is 1.73. The third kappa shape index (κ3) is 0.365. The molecule has 0 aliphatic heterocycles. The van der Waals surface area contributed by atoms with E-state index in [4.69, 9.17) is 0 Å². The van der Waals surface area contributed by atoms with Gasteiger partial charge >= 0.3 is 0 Å². The quantitative estimate of drug-likeness (QED) is 0.396. The van der Waals surface area contributed by atoms with Crippen LogP contribution in [0.25, 0.3) is 0 Å². The zero-order chi connectivity index (χ0) is 4.78. The Hall–Kier alpha value is -0.270. The number of hydrogen-bond donors (Lipinski definition) is 0. The Bertz CT molecular complexity index is 67.9. The number of hydrogen-bond acceptors (Lipinski definition) is 0. The Morgan fingerprint density at radius 2 is 1.83 bits per heavy atom. The first kappa shape index (κ1) is 3.90. The number of halogens is 2. The molecule has 0 aromatic rings. The predicted octanol–water partition coefficient (Wildman–Crippen LogP) is 1.48. The molecular weight excluding hydrogens is 86.0 g/mol. The van der Waals surface area contributed by atoms with Crippen molar-refractivity contribution in [3.8, 4) is 0 Å². The molecule has 0 radical (unpaired) electrons. The van der Waals surface area contributed by atoms with Crippen LogP contribution in [0.2, 0.25) is 0 Å². The standard InChI is InChI=1S/C4H5F2/c1-3-2-4(3,5)6/h3H,1-2H2/q+1. The fourth-order valence-corrected chi connectivity index (χ4v) is 0.270. The lowest BCUT2D eigenvalue weighted by Gasteiger charge is -1.77. The molecule has 34 valence electrons. The van der Waals surface area contributed by atoms with Crippen molar-refractivity contribution in [3.05, 3.63) is 6.92 Å². The van der Waals surface area contributed by atoms with E-state index < -0.39 is 11.8 Å². The van der Waals surface area contributed by atoms with Crippen LogP contribution in [-0.4, -0.2) is 5.92 Å². The highest BCUT2D eigenvalue weighted by Crippen LogP contribution is 2.47. The Labute approximate surface area is 35.2 Å². The topological polar surface area (TPSA) is 0 Å². The molecule has 0 N–H and O–H groups in total. The third-order valence-corrected chi connectivity index (χ3v) is 0.956. The van der Waals surface area contributed by atoms with Gasteiger partial charge in [0.1, 0.15) is 0 Å². The van der Waals surface area contributed by atoms with Gasteiger partial charge in [-0.2, -0.15) is 0 Å². The molecule has 1 aliphatic carbocycles. The van der Waals surface area contributed by atoms with Crippen molar-refractivity contribution < 1.29 is 8.78 Å². The summed E-state index contributed by atoms with van der Waals surface area (Å²) in [5, 5.41) is 0. The lowest BCUT2D eigenvalue weighted by Crippen LogP contribution is -1.87. The van der Waals surface area contributed by atoms with E-state index in [0.717, 1.165) is 0 Å². The van der Waals surface area contributed by atoms with Gasteiger partial charge in [0.25, 0.3) is 5.92 Å². The monoisotopic (exact) mass is 91.0 g/mol. The highest BCUT2D eigenvalue weighted by molar-refractivity contribution is 4.96. The highest BCUT2D eigenvalue weighted by atomic mass is 19.3. The van der Waals surface area contributed by atoms with E-state index in [9.17, 15) is 8.78 Å². The van der Waals surface area contributed by atoms with Crippen LogP contribution in [0.15, 0.2) is 0 Å². The molecule has 0 amide bonds. The van der Waals surface area contributed by atoms with E-state index in [1.807, 2.05) is 0 Å². The molecule has 0 aromatic heterocycles. The molecular formula is C4H5F2+. The fourth-order valence-electron chi connectivity index (χ4n) is 0.270. The Kier molecular flexibility index (Phi) is 0.452. The highest BCUT2D eigenvalue weighted by Gasteiger charge is 2.60. The van der Waals surface area contributed by atoms with Crippen LogP contribution in [0.5, 0.6) is 0 Å². The maximum absolute atomic E-state index is 11.5. The molecule has 0 spiro atoms. The van der Waals surface area contributed by atoms with Crippen LogP contribution >= 0.6 is 0 Å². The minimum atomic E-state index is -2.40. The second kappa shape index (κ2) is 0.695. The predicted molar refractivity (Wildman–Crippen MR) is 18.4 cm³/mol. The second-order valence-corrected chi connectivity index (χ2v) is 1.66. The lowest BCUT2D eigenvalue weighted by molar-refractivity contribution is 0.107. The van der Waals surface area contributed by atoms with Gasteiger partial charge in [-0.05, 0) is 0 Å². The molecule has 0 heterocycles. The molecule has 1 saturated carbocycles. The zero-order valence-electron chi connectivity index (χ0n) is 3.25. The average molecular weight is 91.1 g/mol. The summed E-state index contributed by atoms with van der Waals surface area (Å²) in [6.07, 6.45) is -0.00694. The van der Waals surface area contributed by atoms with E-state index in [2.05, 4.69) is 6.92 Å². The van der Waals surface area contributed by atoms with Crippen LogP contribution in [0.3, 0.4) is 0 Å². The smallest absolute Gasteiger partial charge is 0.201 e. The van der Waals surface area contributed by atoms with Crippen LogP contribution in [0.4, 0.5) is 8.78 Å². The zero-order valence-corrected chi connectivity index (χ0v) is 3.25. The SMILES string of the molecule is [CH2+]C1CC1(F)F. The van der Waals surface area contributed by atoms with Crippen molar-refractivity contribution >= 4 is 0 Å². The summed E-state index contributed by atoms with van der Waals surface area (Å²) in [6, 6.07) is 0. The molecule has 0 nitrogen and oxygen atoms in total. The van der Waals surface area contributed by atoms with Gasteiger partial charge in [-0.3, -0.25) is 0 Å². The summed E-state index contributed by atoms with van der Waals surface area (Å²) in [7, 11) is 0. The van der Waals surface area contributed by atoms with Gasteiger partial charge in [-0.15, -0.1) is 0 Å². The van der Waals surface area contributed by atoms with Gasteiger partial charge in [0.15, 0.2) is 5.92 Å². The summed E-state index contributed by atoms with van der Waals surface area (Å²) in [6.45, 7) is 3.15. The van der Waals surface area contributed by atoms with E-state index in [1.165, 1.54) is 0 Å². The summed E-state index contributed by atoms with van der Waals surface area (Å²) < 4.78 is 22.9. The molecule has 1 rings (SSSR count). The Balaban J connectivity index is 2.41. The van der Waals surface area contributed by atoms with E-state index >= 15 is 0 Å². The summed E-state index contributed by atoms with van der Waals surface area (Å²) >= 11 is 0. The maximum Gasteiger partial charge on any atom is 0.294 e. The molecule has 1 unspecified atom stereocenters. The van der Waals surface area contributed by atoms with Gasteiger partial charge in [0.05, 0.1) is 13.3 Å². The molecule has 1 atom stereocenters. The Morgan fingerprint density at radius 3 is 1.83 bits per heavy atom. The summed E-state index contributed by atoms with van der Waals surface area (Å²) in [5.41, 5.74) is 0. The van der Waals surface area contributed by atoms with Crippen LogP contribution in [0.1, 0.15) is 6.42 Å². The van der Waals surface area contributed by atoms with Gasteiger partial charge in [0.2, 0.25) is 0 Å². The third-order valence-electron chi connectivity index (χ3n) is 0.956. The minimum absolute atomic E-state index is 0.00694. The van der Waals surface area contributed by atoms with Gasteiger partial charge < -0.3 is 0 Å². The first-order valence-electron chi connectivity index (χ1n) is 1.84. The number of rotatable bonds is 0. The molecule has 0 aromatic carbocycles. The largest absolute Gasteiger partial charge is 0.294 e. The van der Waals surface area contributed by atoms with Crippen molar-refractivity contribution in [2.24, 2.45) is 5.92 Å². The normalized spacial score (nSPS) is 39.3. The van der Waals surface area contributed by atoms with Crippen molar-refractivity contribution in [3.63, 3.8) is 0 Å². The van der Waals surface area contributed by atoms with E-state index in [1.54, 1.807) is 0 Å². The van der Waals surface area contributed by atoms with Crippen molar-refractivity contribution in [2.75, 3.05) is 0 Å². The number of alkyl halides is 2. The molecule has 2 heteroatoms. The first-order valence-corrected chi connectivity index (χ1v) is 1.84. The molecule has 6 heavy (non-hydrogen) atoms. The van der Waals surface area contributed by atoms with Crippen molar-refractivity contribution in [1.29, 1.82) is 0 Å². The van der Waals surface area contributed by atoms with Crippen molar-refractivity contribution in [2.45, 2.75) is 12.3 Å². The van der Waals surface area contributed by atoms with Crippen LogP contribution < -0.4 is 0 Å². The molecule has 0 saturated heterocycles. The molecule has 1 fully saturated rings. The lowest BCUT2D eigenvalue weighted by atomic mass is 10.5. The van der Waals surface area contributed by atoms with Gasteiger partial charge in [-0.1, -0.05) is 0 Å². The second-order valence-electron chi connectivity index (χ2n) is 1.66. The molecule has 0 bridgehead atoms. The van der Waals surface area contributed by atoms with Gasteiger partial charge in [0, 0.05) is 0 Å². The van der Waals surface area contributed by atoms with Gasteiger partial charge in [-0.25, -0.2) is 8.78 Å². The summed E-state index contributed by atoms with van der Waals surface area (Å²) in [5.74, 6) is -2.99. The first-order chi connectivity index (χ1) is 2.63. The maximum atomic E-state index is 11.5. The van der Waals surface area contributed by atoms with E-state index in [-0.39, 0.29) is 6.42 Å².